The van der Waals surface area contributed by atoms with Crippen molar-refractivity contribution in [2.24, 2.45) is 0 Å². The lowest BCUT2D eigenvalue weighted by Crippen LogP contribution is -2.07. The molecule has 5 heteroatoms. The van der Waals surface area contributed by atoms with Crippen LogP contribution < -0.4 is 10.1 Å². The maximum atomic E-state index is 12.9. The first-order valence-corrected chi connectivity index (χ1v) is 5.80. The van der Waals surface area contributed by atoms with Gasteiger partial charge in [0.25, 0.3) is 0 Å². The van der Waals surface area contributed by atoms with Gasteiger partial charge in [0.05, 0.1) is 5.02 Å². The zero-order valence-corrected chi connectivity index (χ0v) is 10.5. The lowest BCUT2D eigenvalue weighted by molar-refractivity contribution is 0.453. The van der Waals surface area contributed by atoms with Crippen LogP contribution in [0, 0.1) is 5.82 Å². The Morgan fingerprint density at radius 3 is 2.94 bits per heavy atom. The average molecular weight is 267 g/mol. The van der Waals surface area contributed by atoms with Gasteiger partial charge < -0.3 is 10.1 Å². The van der Waals surface area contributed by atoms with E-state index in [1.54, 1.807) is 6.20 Å². The summed E-state index contributed by atoms with van der Waals surface area (Å²) < 4.78 is 18.5. The minimum atomic E-state index is -0.399. The van der Waals surface area contributed by atoms with Gasteiger partial charge in [0.1, 0.15) is 11.6 Å². The molecule has 0 aliphatic heterocycles. The van der Waals surface area contributed by atoms with Crippen LogP contribution in [0.1, 0.15) is 5.56 Å². The Labute approximate surface area is 110 Å². The molecule has 1 aromatic carbocycles. The van der Waals surface area contributed by atoms with Crippen LogP contribution in [0.4, 0.5) is 4.39 Å². The molecule has 18 heavy (non-hydrogen) atoms. The Bertz CT molecular complexity index is 548. The molecule has 0 unspecified atom stereocenters. The minimum absolute atomic E-state index is 0.219. The van der Waals surface area contributed by atoms with Gasteiger partial charge in [0.15, 0.2) is 0 Å². The zero-order valence-electron chi connectivity index (χ0n) is 9.78. The van der Waals surface area contributed by atoms with Crippen molar-refractivity contribution in [2.45, 2.75) is 6.54 Å². The van der Waals surface area contributed by atoms with Crippen LogP contribution in [0.3, 0.4) is 0 Å². The molecular weight excluding hydrogens is 255 g/mol. The fourth-order valence-electron chi connectivity index (χ4n) is 1.50. The van der Waals surface area contributed by atoms with Crippen molar-refractivity contribution in [3.63, 3.8) is 0 Å². The number of aromatic nitrogens is 1. The number of hydrogen-bond acceptors (Lipinski definition) is 3. The molecule has 0 saturated heterocycles. The zero-order chi connectivity index (χ0) is 13.0. The summed E-state index contributed by atoms with van der Waals surface area (Å²) in [6, 6.07) is 7.71. The molecule has 2 rings (SSSR count). The summed E-state index contributed by atoms with van der Waals surface area (Å²) in [6.45, 7) is 0.627. The molecule has 0 aliphatic carbocycles. The Morgan fingerprint density at radius 1 is 1.39 bits per heavy atom. The maximum Gasteiger partial charge on any atom is 0.223 e. The van der Waals surface area contributed by atoms with Gasteiger partial charge in [-0.3, -0.25) is 0 Å². The number of rotatable bonds is 4. The highest BCUT2D eigenvalue weighted by Crippen LogP contribution is 2.30. The van der Waals surface area contributed by atoms with E-state index < -0.39 is 5.82 Å². The van der Waals surface area contributed by atoms with E-state index in [9.17, 15) is 4.39 Å². The third-order valence-electron chi connectivity index (χ3n) is 2.32. The Morgan fingerprint density at radius 2 is 2.22 bits per heavy atom. The summed E-state index contributed by atoms with van der Waals surface area (Å²) >= 11 is 5.90. The van der Waals surface area contributed by atoms with Crippen molar-refractivity contribution < 1.29 is 9.13 Å². The van der Waals surface area contributed by atoms with E-state index in [1.165, 1.54) is 18.2 Å². The number of pyridine rings is 1. The molecule has 2 aromatic rings. The first kappa shape index (κ1) is 12.8. The van der Waals surface area contributed by atoms with E-state index in [4.69, 9.17) is 16.3 Å². The first-order valence-electron chi connectivity index (χ1n) is 5.42. The standard InChI is InChI=1S/C13H12ClFN2O/c1-16-8-9-3-2-6-17-13(9)18-12-5-4-10(15)7-11(12)14/h2-7,16H,8H2,1H3. The van der Waals surface area contributed by atoms with Gasteiger partial charge in [-0.15, -0.1) is 0 Å². The van der Waals surface area contributed by atoms with Gasteiger partial charge in [0, 0.05) is 18.3 Å². The molecule has 0 atom stereocenters. The van der Waals surface area contributed by atoms with Crippen molar-refractivity contribution in [1.82, 2.24) is 10.3 Å². The molecule has 0 saturated carbocycles. The van der Waals surface area contributed by atoms with Gasteiger partial charge in [-0.25, -0.2) is 9.37 Å². The lowest BCUT2D eigenvalue weighted by atomic mass is 10.2. The van der Waals surface area contributed by atoms with Crippen LogP contribution in [0.15, 0.2) is 36.5 Å². The number of ether oxygens (including phenoxy) is 1. The fraction of sp³-hybridized carbons (Fsp3) is 0.154. The second kappa shape index (κ2) is 5.80. The number of nitrogens with one attached hydrogen (secondary N) is 1. The molecule has 1 N–H and O–H groups in total. The number of hydrogen-bond donors (Lipinski definition) is 1. The monoisotopic (exact) mass is 266 g/mol. The summed E-state index contributed by atoms with van der Waals surface area (Å²) in [4.78, 5) is 4.14. The average Bonchev–Trinajstić information content (AvgIpc) is 2.35. The molecular formula is C13H12ClFN2O. The number of halogens is 2. The molecule has 0 bridgehead atoms. The first-order chi connectivity index (χ1) is 8.70. The van der Waals surface area contributed by atoms with Gasteiger partial charge in [-0.2, -0.15) is 0 Å². The van der Waals surface area contributed by atoms with Crippen LogP contribution in [0.2, 0.25) is 5.02 Å². The summed E-state index contributed by atoms with van der Waals surface area (Å²) in [5.41, 5.74) is 0.903. The second-order valence-corrected chi connectivity index (χ2v) is 4.08. The molecule has 0 radical (unpaired) electrons. The van der Waals surface area contributed by atoms with Crippen LogP contribution in [-0.2, 0) is 6.54 Å². The van der Waals surface area contributed by atoms with Crippen molar-refractivity contribution in [3.05, 3.63) is 52.9 Å². The van der Waals surface area contributed by atoms with E-state index >= 15 is 0 Å². The smallest absolute Gasteiger partial charge is 0.223 e. The Balaban J connectivity index is 2.28. The van der Waals surface area contributed by atoms with Crippen LogP contribution in [-0.4, -0.2) is 12.0 Å². The quantitative estimate of drug-likeness (QED) is 0.921. The van der Waals surface area contributed by atoms with Crippen molar-refractivity contribution in [1.29, 1.82) is 0 Å². The third-order valence-corrected chi connectivity index (χ3v) is 2.61. The number of benzene rings is 1. The van der Waals surface area contributed by atoms with Gasteiger partial charge >= 0.3 is 0 Å². The van der Waals surface area contributed by atoms with Gasteiger partial charge in [0.2, 0.25) is 5.88 Å². The SMILES string of the molecule is CNCc1cccnc1Oc1ccc(F)cc1Cl. The molecule has 3 nitrogen and oxygen atoms in total. The molecule has 1 aromatic heterocycles. The topological polar surface area (TPSA) is 34.2 Å². The summed E-state index contributed by atoms with van der Waals surface area (Å²) in [6.07, 6.45) is 1.63. The largest absolute Gasteiger partial charge is 0.437 e. The van der Waals surface area contributed by atoms with Crippen molar-refractivity contribution in [2.75, 3.05) is 7.05 Å². The van der Waals surface area contributed by atoms with E-state index in [-0.39, 0.29) is 5.02 Å². The summed E-state index contributed by atoms with van der Waals surface area (Å²) in [5, 5.41) is 3.24. The lowest BCUT2D eigenvalue weighted by Gasteiger charge is -2.10. The van der Waals surface area contributed by atoms with Crippen molar-refractivity contribution in [3.8, 4) is 11.6 Å². The van der Waals surface area contributed by atoms with Crippen molar-refractivity contribution >= 4 is 11.6 Å². The third kappa shape index (κ3) is 2.97. The molecule has 0 amide bonds. The highest BCUT2D eigenvalue weighted by Gasteiger charge is 2.08. The van der Waals surface area contributed by atoms with E-state index in [1.807, 2.05) is 19.2 Å². The molecule has 0 fully saturated rings. The Kier molecular flexibility index (Phi) is 4.12. The maximum absolute atomic E-state index is 12.9. The molecule has 0 spiro atoms. The van der Waals surface area contributed by atoms with E-state index in [0.717, 1.165) is 5.56 Å². The van der Waals surface area contributed by atoms with Crippen LogP contribution in [0.5, 0.6) is 11.6 Å². The molecule has 94 valence electrons. The summed E-state index contributed by atoms with van der Waals surface area (Å²) in [7, 11) is 1.83. The van der Waals surface area contributed by atoms with Gasteiger partial charge in [-0.1, -0.05) is 17.7 Å². The number of nitrogens with zero attached hydrogens (tertiary/aromatic N) is 1. The summed E-state index contributed by atoms with van der Waals surface area (Å²) in [5.74, 6) is 0.443. The van der Waals surface area contributed by atoms with Gasteiger partial charge in [-0.05, 0) is 31.3 Å². The second-order valence-electron chi connectivity index (χ2n) is 3.67. The minimum Gasteiger partial charge on any atom is -0.437 e. The predicted octanol–water partition coefficient (Wildman–Crippen LogP) is 3.39. The fourth-order valence-corrected chi connectivity index (χ4v) is 1.71. The molecule has 1 heterocycles. The van der Waals surface area contributed by atoms with E-state index in [2.05, 4.69) is 10.3 Å². The van der Waals surface area contributed by atoms with Crippen LogP contribution >= 0.6 is 11.6 Å². The normalized spacial score (nSPS) is 10.4. The highest BCUT2D eigenvalue weighted by molar-refractivity contribution is 6.32. The van der Waals surface area contributed by atoms with E-state index in [0.29, 0.717) is 18.2 Å². The highest BCUT2D eigenvalue weighted by atomic mass is 35.5. The van der Waals surface area contributed by atoms with Crippen LogP contribution in [0.25, 0.3) is 0 Å². The molecule has 0 aliphatic rings. The predicted molar refractivity (Wildman–Crippen MR) is 68.5 cm³/mol. The Hall–Kier alpha value is -1.65.